The number of nitrogens with zero attached hydrogens (tertiary/aromatic N) is 4. The van der Waals surface area contributed by atoms with E-state index in [1.807, 2.05) is 4.68 Å². The molecule has 2 rings (SSSR count). The molecule has 2 heterocycles. The minimum Gasteiger partial charge on any atom is -0.295 e. The summed E-state index contributed by atoms with van der Waals surface area (Å²) < 4.78 is 2.03. The predicted molar refractivity (Wildman–Crippen MR) is 72.1 cm³/mol. The molecule has 0 spiro atoms. The quantitative estimate of drug-likeness (QED) is 0.800. The van der Waals surface area contributed by atoms with Crippen molar-refractivity contribution in [3.63, 3.8) is 0 Å². The second-order valence-electron chi connectivity index (χ2n) is 4.92. The largest absolute Gasteiger partial charge is 0.295 e. The summed E-state index contributed by atoms with van der Waals surface area (Å²) in [6, 6.07) is 0. The molecule has 5 heteroatoms. The average molecular weight is 301 g/mol. The summed E-state index contributed by atoms with van der Waals surface area (Å²) in [6.07, 6.45) is 4.04. The zero-order chi connectivity index (χ0) is 12.3. The van der Waals surface area contributed by atoms with Gasteiger partial charge in [-0.15, -0.1) is 0 Å². The number of hydrogen-bond donors (Lipinski definition) is 0. The molecule has 0 N–H and O–H groups in total. The molecule has 1 fully saturated rings. The fourth-order valence-corrected chi connectivity index (χ4v) is 2.91. The molecule has 1 aliphatic rings. The van der Waals surface area contributed by atoms with Gasteiger partial charge >= 0.3 is 0 Å². The number of aryl methyl sites for hydroxylation is 1. The molecule has 2 unspecified atom stereocenters. The Morgan fingerprint density at radius 1 is 1.53 bits per heavy atom. The summed E-state index contributed by atoms with van der Waals surface area (Å²) in [5.74, 6) is 1.88. The number of alkyl halides is 1. The number of piperidine rings is 1. The third kappa shape index (κ3) is 3.28. The standard InChI is InChI=1S/C12H21BrN4/c1-3-5-17-12(14-9-15-17)8-16-6-4-10(2)11(13)7-16/h9-11H,3-8H2,1-2H3. The van der Waals surface area contributed by atoms with Crippen LogP contribution in [0.1, 0.15) is 32.5 Å². The van der Waals surface area contributed by atoms with Crippen LogP contribution in [-0.4, -0.2) is 37.6 Å². The van der Waals surface area contributed by atoms with Gasteiger partial charge in [0, 0.05) is 17.9 Å². The molecule has 2 atom stereocenters. The SMILES string of the molecule is CCCn1ncnc1CN1CCC(C)C(Br)C1. The first-order valence-corrected chi connectivity index (χ1v) is 7.35. The van der Waals surface area contributed by atoms with Crippen molar-refractivity contribution in [2.75, 3.05) is 13.1 Å². The highest BCUT2D eigenvalue weighted by Crippen LogP contribution is 2.24. The Hall–Kier alpha value is -0.420. The van der Waals surface area contributed by atoms with Crippen LogP contribution in [0.5, 0.6) is 0 Å². The number of halogens is 1. The predicted octanol–water partition coefficient (Wildman–Crippen LogP) is 2.29. The highest BCUT2D eigenvalue weighted by atomic mass is 79.9. The van der Waals surface area contributed by atoms with E-state index in [-0.39, 0.29) is 0 Å². The van der Waals surface area contributed by atoms with Gasteiger partial charge in [-0.3, -0.25) is 4.90 Å². The molecule has 0 radical (unpaired) electrons. The van der Waals surface area contributed by atoms with E-state index in [1.54, 1.807) is 6.33 Å². The van der Waals surface area contributed by atoms with Crippen LogP contribution < -0.4 is 0 Å². The van der Waals surface area contributed by atoms with Crippen molar-refractivity contribution in [1.29, 1.82) is 0 Å². The maximum Gasteiger partial charge on any atom is 0.141 e. The van der Waals surface area contributed by atoms with Crippen molar-refractivity contribution in [3.8, 4) is 0 Å². The van der Waals surface area contributed by atoms with Crippen LogP contribution in [0.2, 0.25) is 0 Å². The van der Waals surface area contributed by atoms with Crippen molar-refractivity contribution in [3.05, 3.63) is 12.2 Å². The van der Waals surface area contributed by atoms with Crippen molar-refractivity contribution in [1.82, 2.24) is 19.7 Å². The molecular weight excluding hydrogens is 280 g/mol. The summed E-state index contributed by atoms with van der Waals surface area (Å²) in [5.41, 5.74) is 0. The van der Waals surface area contributed by atoms with Crippen LogP contribution >= 0.6 is 15.9 Å². The van der Waals surface area contributed by atoms with Crippen molar-refractivity contribution < 1.29 is 0 Å². The first-order chi connectivity index (χ1) is 8.20. The maximum absolute atomic E-state index is 4.37. The van der Waals surface area contributed by atoms with Gasteiger partial charge in [0.1, 0.15) is 12.2 Å². The minimum absolute atomic E-state index is 0.610. The zero-order valence-corrected chi connectivity index (χ0v) is 12.2. The first kappa shape index (κ1) is 13.0. The molecule has 1 aromatic heterocycles. The van der Waals surface area contributed by atoms with Crippen molar-refractivity contribution in [2.45, 2.75) is 44.6 Å². The fraction of sp³-hybridized carbons (Fsp3) is 0.833. The maximum atomic E-state index is 4.37. The summed E-state index contributed by atoms with van der Waals surface area (Å²) in [7, 11) is 0. The van der Waals surface area contributed by atoms with E-state index in [0.717, 1.165) is 37.8 Å². The van der Waals surface area contributed by atoms with Crippen LogP contribution in [-0.2, 0) is 13.1 Å². The van der Waals surface area contributed by atoms with Crippen molar-refractivity contribution >= 4 is 15.9 Å². The van der Waals surface area contributed by atoms with Gasteiger partial charge in [0.05, 0.1) is 6.54 Å². The normalized spacial score (nSPS) is 26.3. The number of likely N-dealkylation sites (tertiary alicyclic amines) is 1. The molecule has 0 amide bonds. The molecule has 1 aromatic rings. The lowest BCUT2D eigenvalue weighted by atomic mass is 9.99. The lowest BCUT2D eigenvalue weighted by Gasteiger charge is -2.33. The summed E-state index contributed by atoms with van der Waals surface area (Å²) >= 11 is 3.76. The third-order valence-corrected chi connectivity index (χ3v) is 4.64. The van der Waals surface area contributed by atoms with Crippen LogP contribution in [0.3, 0.4) is 0 Å². The number of rotatable bonds is 4. The van der Waals surface area contributed by atoms with E-state index in [1.165, 1.54) is 13.0 Å². The molecule has 4 nitrogen and oxygen atoms in total. The van der Waals surface area contributed by atoms with Gasteiger partial charge in [0.15, 0.2) is 0 Å². The third-order valence-electron chi connectivity index (χ3n) is 3.45. The molecule has 0 aliphatic carbocycles. The molecule has 17 heavy (non-hydrogen) atoms. The molecule has 0 saturated carbocycles. The Morgan fingerprint density at radius 2 is 2.35 bits per heavy atom. The highest BCUT2D eigenvalue weighted by molar-refractivity contribution is 9.09. The second-order valence-corrected chi connectivity index (χ2v) is 6.09. The Bertz CT molecular complexity index is 352. The van der Waals surface area contributed by atoms with Crippen LogP contribution in [0, 0.1) is 5.92 Å². The van der Waals surface area contributed by atoms with Gasteiger partial charge < -0.3 is 0 Å². The Morgan fingerprint density at radius 3 is 3.06 bits per heavy atom. The Labute approximate surface area is 112 Å². The van der Waals surface area contributed by atoms with E-state index >= 15 is 0 Å². The second kappa shape index (κ2) is 5.96. The van der Waals surface area contributed by atoms with E-state index in [0.29, 0.717) is 4.83 Å². The van der Waals surface area contributed by atoms with Gasteiger partial charge in [0.2, 0.25) is 0 Å². The van der Waals surface area contributed by atoms with Crippen LogP contribution in [0.15, 0.2) is 6.33 Å². The van der Waals surface area contributed by atoms with E-state index < -0.39 is 0 Å². The van der Waals surface area contributed by atoms with E-state index in [9.17, 15) is 0 Å². The van der Waals surface area contributed by atoms with E-state index in [2.05, 4.69) is 44.8 Å². The van der Waals surface area contributed by atoms with Gasteiger partial charge in [0.25, 0.3) is 0 Å². The molecule has 1 saturated heterocycles. The van der Waals surface area contributed by atoms with Crippen LogP contribution in [0.25, 0.3) is 0 Å². The summed E-state index contributed by atoms with van der Waals surface area (Å²) in [5, 5.41) is 4.27. The van der Waals surface area contributed by atoms with Gasteiger partial charge in [-0.25, -0.2) is 9.67 Å². The van der Waals surface area contributed by atoms with Crippen LogP contribution in [0.4, 0.5) is 0 Å². The number of aromatic nitrogens is 3. The molecular formula is C12H21BrN4. The molecule has 0 bridgehead atoms. The minimum atomic E-state index is 0.610. The van der Waals surface area contributed by atoms with Gasteiger partial charge in [-0.2, -0.15) is 5.10 Å². The molecule has 0 aromatic carbocycles. The summed E-state index contributed by atoms with van der Waals surface area (Å²) in [6.45, 7) is 8.66. The smallest absolute Gasteiger partial charge is 0.141 e. The highest BCUT2D eigenvalue weighted by Gasteiger charge is 2.24. The topological polar surface area (TPSA) is 34.0 Å². The molecule has 1 aliphatic heterocycles. The first-order valence-electron chi connectivity index (χ1n) is 6.43. The summed E-state index contributed by atoms with van der Waals surface area (Å²) in [4.78, 5) is 7.45. The van der Waals surface area contributed by atoms with Gasteiger partial charge in [-0.05, 0) is 25.3 Å². The average Bonchev–Trinajstić information content (AvgIpc) is 2.72. The zero-order valence-electron chi connectivity index (χ0n) is 10.6. The Balaban J connectivity index is 1.94. The van der Waals surface area contributed by atoms with Gasteiger partial charge in [-0.1, -0.05) is 29.8 Å². The monoisotopic (exact) mass is 300 g/mol. The van der Waals surface area contributed by atoms with Crippen molar-refractivity contribution in [2.24, 2.45) is 5.92 Å². The fourth-order valence-electron chi connectivity index (χ4n) is 2.24. The molecule has 96 valence electrons. The lowest BCUT2D eigenvalue weighted by Crippen LogP contribution is -2.40. The van der Waals surface area contributed by atoms with E-state index in [4.69, 9.17) is 0 Å². The Kier molecular flexibility index (Phi) is 4.56. The lowest BCUT2D eigenvalue weighted by molar-refractivity contribution is 0.187. The number of hydrogen-bond acceptors (Lipinski definition) is 3.